The van der Waals surface area contributed by atoms with Crippen molar-refractivity contribution in [3.05, 3.63) is 65.0 Å². The van der Waals surface area contributed by atoms with Crippen molar-refractivity contribution in [3.8, 4) is 11.8 Å². The van der Waals surface area contributed by atoms with Gasteiger partial charge in [0, 0.05) is 24.5 Å². The molecule has 0 radical (unpaired) electrons. The molecule has 0 aliphatic carbocycles. The topological polar surface area (TPSA) is 75.0 Å². The van der Waals surface area contributed by atoms with E-state index in [2.05, 4.69) is 10.3 Å². The summed E-state index contributed by atoms with van der Waals surface area (Å²) in [5.74, 6) is 0.199. The molecule has 0 fully saturated rings. The molecule has 0 atom stereocenters. The number of carbonyl (C=O) groups excluding carboxylic acids is 1. The van der Waals surface area contributed by atoms with Crippen molar-refractivity contribution in [3.63, 3.8) is 0 Å². The van der Waals surface area contributed by atoms with Crippen LogP contribution in [-0.2, 0) is 17.8 Å². The molecule has 1 aromatic heterocycles. The summed E-state index contributed by atoms with van der Waals surface area (Å²) in [5.41, 5.74) is 2.72. The molecule has 0 aliphatic rings. The summed E-state index contributed by atoms with van der Waals surface area (Å²) < 4.78 is 5.31. The zero-order chi connectivity index (χ0) is 17.4. The fraction of sp³-hybridized carbons (Fsp3) is 0.211. The van der Waals surface area contributed by atoms with Gasteiger partial charge >= 0.3 is 0 Å². The van der Waals surface area contributed by atoms with E-state index in [4.69, 9.17) is 4.74 Å². The largest absolute Gasteiger partial charge is 0.496 e. The lowest BCUT2D eigenvalue weighted by atomic mass is 10.0. The molecule has 0 saturated carbocycles. The predicted octanol–water partition coefficient (Wildman–Crippen LogP) is 2.88. The molecule has 24 heavy (non-hydrogen) atoms. The van der Waals surface area contributed by atoms with Crippen LogP contribution in [0.25, 0.3) is 6.08 Å². The van der Waals surface area contributed by atoms with Crippen LogP contribution in [0.4, 0.5) is 0 Å². The van der Waals surface area contributed by atoms with Crippen molar-refractivity contribution in [1.82, 2.24) is 10.3 Å². The number of rotatable bonds is 6. The van der Waals surface area contributed by atoms with E-state index in [9.17, 15) is 10.1 Å². The second kappa shape index (κ2) is 8.49. The molecule has 0 saturated heterocycles. The number of nitriles is 1. The SMILES string of the molecule is CCc1ccc(OC)c(/C=C(\C#N)C(=O)NCc2cccnc2)c1. The average molecular weight is 321 g/mol. The van der Waals surface area contributed by atoms with E-state index < -0.39 is 5.91 Å². The number of pyridine rings is 1. The molecule has 5 nitrogen and oxygen atoms in total. The summed E-state index contributed by atoms with van der Waals surface area (Å²) in [4.78, 5) is 16.2. The Morgan fingerprint density at radius 2 is 2.21 bits per heavy atom. The number of methoxy groups -OCH3 is 1. The molecule has 1 heterocycles. The maximum Gasteiger partial charge on any atom is 0.262 e. The fourth-order valence-electron chi connectivity index (χ4n) is 2.20. The third kappa shape index (κ3) is 4.43. The highest BCUT2D eigenvalue weighted by Gasteiger charge is 2.11. The maximum atomic E-state index is 12.2. The van der Waals surface area contributed by atoms with Crippen molar-refractivity contribution in [2.75, 3.05) is 7.11 Å². The quantitative estimate of drug-likeness (QED) is 0.656. The van der Waals surface area contributed by atoms with Crippen molar-refractivity contribution < 1.29 is 9.53 Å². The molecule has 122 valence electrons. The number of amides is 1. The molecule has 0 aliphatic heterocycles. The number of nitrogens with one attached hydrogen (secondary N) is 1. The Morgan fingerprint density at radius 1 is 1.38 bits per heavy atom. The Labute approximate surface area is 141 Å². The van der Waals surface area contributed by atoms with Crippen LogP contribution in [0.3, 0.4) is 0 Å². The van der Waals surface area contributed by atoms with E-state index in [0.29, 0.717) is 17.9 Å². The molecule has 2 rings (SSSR count). The van der Waals surface area contributed by atoms with Crippen LogP contribution in [0.5, 0.6) is 5.75 Å². The van der Waals surface area contributed by atoms with E-state index in [1.807, 2.05) is 37.3 Å². The van der Waals surface area contributed by atoms with Gasteiger partial charge in [0.15, 0.2) is 0 Å². The first-order valence-electron chi connectivity index (χ1n) is 7.63. The summed E-state index contributed by atoms with van der Waals surface area (Å²) >= 11 is 0. The highest BCUT2D eigenvalue weighted by atomic mass is 16.5. The van der Waals surface area contributed by atoms with Crippen LogP contribution in [0.2, 0.25) is 0 Å². The summed E-state index contributed by atoms with van der Waals surface area (Å²) in [5, 5.41) is 12.0. The van der Waals surface area contributed by atoms with Crippen LogP contribution in [-0.4, -0.2) is 18.0 Å². The van der Waals surface area contributed by atoms with Gasteiger partial charge in [-0.1, -0.05) is 19.1 Å². The van der Waals surface area contributed by atoms with Crippen molar-refractivity contribution in [2.24, 2.45) is 0 Å². The molecular formula is C19H19N3O2. The fourth-order valence-corrected chi connectivity index (χ4v) is 2.20. The monoisotopic (exact) mass is 321 g/mol. The van der Waals surface area contributed by atoms with Gasteiger partial charge in [0.25, 0.3) is 5.91 Å². The van der Waals surface area contributed by atoms with E-state index in [1.165, 1.54) is 0 Å². The first kappa shape index (κ1) is 17.2. The molecule has 1 aromatic carbocycles. The van der Waals surface area contributed by atoms with Gasteiger partial charge in [0.1, 0.15) is 17.4 Å². The molecule has 0 spiro atoms. The van der Waals surface area contributed by atoms with Crippen LogP contribution < -0.4 is 10.1 Å². The third-order valence-corrected chi connectivity index (χ3v) is 3.54. The Hall–Kier alpha value is -3.13. The second-order valence-electron chi connectivity index (χ2n) is 5.14. The number of hydrogen-bond donors (Lipinski definition) is 1. The minimum Gasteiger partial charge on any atom is -0.496 e. The second-order valence-corrected chi connectivity index (χ2v) is 5.14. The van der Waals surface area contributed by atoms with E-state index in [-0.39, 0.29) is 5.57 Å². The number of carbonyl (C=O) groups is 1. The van der Waals surface area contributed by atoms with Crippen LogP contribution in [0.15, 0.2) is 48.3 Å². The van der Waals surface area contributed by atoms with E-state index in [0.717, 1.165) is 17.5 Å². The molecule has 0 unspecified atom stereocenters. The lowest BCUT2D eigenvalue weighted by molar-refractivity contribution is -0.117. The van der Waals surface area contributed by atoms with Crippen molar-refractivity contribution in [1.29, 1.82) is 5.26 Å². The molecule has 5 heteroatoms. The third-order valence-electron chi connectivity index (χ3n) is 3.54. The zero-order valence-electron chi connectivity index (χ0n) is 13.7. The van der Waals surface area contributed by atoms with Gasteiger partial charge in [-0.15, -0.1) is 0 Å². The van der Waals surface area contributed by atoms with E-state index >= 15 is 0 Å². The normalized spacial score (nSPS) is 10.8. The Morgan fingerprint density at radius 3 is 2.83 bits per heavy atom. The highest BCUT2D eigenvalue weighted by Crippen LogP contribution is 2.23. The van der Waals surface area contributed by atoms with Crippen LogP contribution in [0, 0.1) is 11.3 Å². The molecule has 1 N–H and O–H groups in total. The van der Waals surface area contributed by atoms with Gasteiger partial charge in [-0.25, -0.2) is 0 Å². The summed E-state index contributed by atoms with van der Waals surface area (Å²) in [6.45, 7) is 2.36. The van der Waals surface area contributed by atoms with Gasteiger partial charge in [0.2, 0.25) is 0 Å². The number of benzene rings is 1. The van der Waals surface area contributed by atoms with Gasteiger partial charge < -0.3 is 10.1 Å². The van der Waals surface area contributed by atoms with Gasteiger partial charge in [-0.05, 0) is 41.8 Å². The lowest BCUT2D eigenvalue weighted by Gasteiger charge is -2.08. The van der Waals surface area contributed by atoms with Crippen LogP contribution in [0.1, 0.15) is 23.6 Å². The minimum atomic E-state index is -0.426. The molecule has 0 bridgehead atoms. The van der Waals surface area contributed by atoms with E-state index in [1.54, 1.807) is 31.6 Å². The molecule has 2 aromatic rings. The first-order chi connectivity index (χ1) is 11.7. The smallest absolute Gasteiger partial charge is 0.262 e. The number of aryl methyl sites for hydroxylation is 1. The summed E-state index contributed by atoms with van der Waals surface area (Å²) in [6.07, 6.45) is 5.75. The van der Waals surface area contributed by atoms with Gasteiger partial charge in [-0.2, -0.15) is 5.26 Å². The van der Waals surface area contributed by atoms with Gasteiger partial charge in [0.05, 0.1) is 7.11 Å². The number of hydrogen-bond acceptors (Lipinski definition) is 4. The Kier molecular flexibility index (Phi) is 6.09. The van der Waals surface area contributed by atoms with Crippen molar-refractivity contribution in [2.45, 2.75) is 19.9 Å². The van der Waals surface area contributed by atoms with Crippen molar-refractivity contribution >= 4 is 12.0 Å². The molecule has 1 amide bonds. The summed E-state index contributed by atoms with van der Waals surface area (Å²) in [7, 11) is 1.56. The Bertz CT molecular complexity index is 777. The predicted molar refractivity (Wildman–Crippen MR) is 92.0 cm³/mol. The number of ether oxygens (including phenoxy) is 1. The summed E-state index contributed by atoms with van der Waals surface area (Å²) in [6, 6.07) is 11.3. The maximum absolute atomic E-state index is 12.2. The van der Waals surface area contributed by atoms with Gasteiger partial charge in [-0.3, -0.25) is 9.78 Å². The Balaban J connectivity index is 2.19. The number of nitrogens with zero attached hydrogens (tertiary/aromatic N) is 2. The number of aromatic nitrogens is 1. The van der Waals surface area contributed by atoms with Crippen LogP contribution >= 0.6 is 0 Å². The highest BCUT2D eigenvalue weighted by molar-refractivity contribution is 6.01. The zero-order valence-corrected chi connectivity index (χ0v) is 13.7. The lowest BCUT2D eigenvalue weighted by Crippen LogP contribution is -2.24. The minimum absolute atomic E-state index is 0.0328. The molecular weight excluding hydrogens is 302 g/mol. The first-order valence-corrected chi connectivity index (χ1v) is 7.63. The standard InChI is InChI=1S/C19H19N3O2/c1-3-14-6-7-18(24-2)16(9-14)10-17(11-20)19(23)22-13-15-5-4-8-21-12-15/h4-10,12H,3,13H2,1-2H3,(H,22,23)/b17-10+. The average Bonchev–Trinajstić information content (AvgIpc) is 2.64.